The van der Waals surface area contributed by atoms with Gasteiger partial charge >= 0.3 is 6.18 Å². The smallest absolute Gasteiger partial charge is 0.321 e. The van der Waals surface area contributed by atoms with E-state index in [1.165, 1.54) is 0 Å². The minimum Gasteiger partial charge on any atom is -0.321 e. The fourth-order valence-corrected chi connectivity index (χ4v) is 2.11. The van der Waals surface area contributed by atoms with Gasteiger partial charge in [0.05, 0.1) is 0 Å². The fraction of sp³-hybridized carbons (Fsp3) is 0.125. The number of nitrogens with zero attached hydrogens (tertiary/aromatic N) is 2. The molecule has 0 saturated heterocycles. The molecule has 0 fully saturated rings. The van der Waals surface area contributed by atoms with Gasteiger partial charge < -0.3 is 5.32 Å². The van der Waals surface area contributed by atoms with Gasteiger partial charge in [0.25, 0.3) is 0 Å². The number of rotatable bonds is 2. The van der Waals surface area contributed by atoms with Gasteiger partial charge in [-0.25, -0.2) is 9.98 Å². The van der Waals surface area contributed by atoms with Crippen LogP contribution < -0.4 is 5.32 Å². The Balaban J connectivity index is 2.03. The Morgan fingerprint density at radius 1 is 0.818 bits per heavy atom. The van der Waals surface area contributed by atoms with Crippen LogP contribution in [0.25, 0.3) is 0 Å². The van der Waals surface area contributed by atoms with Crippen molar-refractivity contribution in [1.29, 1.82) is 0 Å². The first-order valence-electron chi connectivity index (χ1n) is 6.64. The van der Waals surface area contributed by atoms with E-state index in [0.717, 1.165) is 0 Å². The average Bonchev–Trinajstić information content (AvgIpc) is 2.55. The molecule has 2 aromatic rings. The van der Waals surface area contributed by atoms with Crippen LogP contribution in [0.1, 0.15) is 17.3 Å². The minimum atomic E-state index is -4.55. The third-order valence-corrected chi connectivity index (χ3v) is 3.15. The normalized spacial score (nSPS) is 18.2. The van der Waals surface area contributed by atoms with Crippen molar-refractivity contribution in [1.82, 2.24) is 5.32 Å². The second-order valence-electron chi connectivity index (χ2n) is 4.73. The number of nitrogens with one attached hydrogen (secondary N) is 1. The summed E-state index contributed by atoms with van der Waals surface area (Å²) in [6.07, 6.45) is -5.46. The number of hydrogen-bond acceptors (Lipinski definition) is 3. The quantitative estimate of drug-likeness (QED) is 0.902. The predicted molar refractivity (Wildman–Crippen MR) is 78.8 cm³/mol. The zero-order valence-electron chi connectivity index (χ0n) is 11.4. The molecule has 1 heterocycles. The summed E-state index contributed by atoms with van der Waals surface area (Å²) in [5.74, 6) is -0.869. The third kappa shape index (κ3) is 3.00. The van der Waals surface area contributed by atoms with Crippen LogP contribution in [0.15, 0.2) is 70.6 Å². The maximum atomic E-state index is 13.1. The van der Waals surface area contributed by atoms with Crippen LogP contribution in [0.4, 0.5) is 13.2 Å². The average molecular weight is 303 g/mol. The van der Waals surface area contributed by atoms with Gasteiger partial charge in [-0.2, -0.15) is 13.2 Å². The lowest BCUT2D eigenvalue weighted by Gasteiger charge is -2.23. The Morgan fingerprint density at radius 3 is 2.00 bits per heavy atom. The van der Waals surface area contributed by atoms with Gasteiger partial charge in [0, 0.05) is 5.56 Å². The van der Waals surface area contributed by atoms with Crippen molar-refractivity contribution in [2.24, 2.45) is 9.98 Å². The molecule has 0 bridgehead atoms. The van der Waals surface area contributed by atoms with Crippen molar-refractivity contribution in [3.8, 4) is 0 Å². The first-order chi connectivity index (χ1) is 10.5. The molecule has 0 spiro atoms. The second kappa shape index (κ2) is 5.63. The van der Waals surface area contributed by atoms with Crippen molar-refractivity contribution < 1.29 is 13.2 Å². The molecule has 1 N–H and O–H groups in total. The highest BCUT2D eigenvalue weighted by atomic mass is 19.4. The maximum absolute atomic E-state index is 13.1. The largest absolute Gasteiger partial charge is 0.449 e. The summed E-state index contributed by atoms with van der Waals surface area (Å²) in [5, 5.41) is 2.28. The molecule has 112 valence electrons. The van der Waals surface area contributed by atoms with Crippen LogP contribution >= 0.6 is 0 Å². The molecule has 0 aliphatic carbocycles. The van der Waals surface area contributed by atoms with E-state index < -0.39 is 18.2 Å². The monoisotopic (exact) mass is 303 g/mol. The summed E-state index contributed by atoms with van der Waals surface area (Å²) < 4.78 is 39.2. The van der Waals surface area contributed by atoms with E-state index in [2.05, 4.69) is 15.3 Å². The molecule has 3 nitrogen and oxygen atoms in total. The van der Waals surface area contributed by atoms with Crippen LogP contribution in [0.3, 0.4) is 0 Å². The first kappa shape index (κ1) is 14.3. The molecule has 0 radical (unpaired) electrons. The standard InChI is InChI=1S/C16H12F3N3/c17-16(18,19)15-21-13(11-7-3-1-4-8-11)20-14(22-15)12-9-5-2-6-10-12/h1-10,13H,(H,20,21,22). The lowest BCUT2D eigenvalue weighted by molar-refractivity contribution is -0.0615. The Morgan fingerprint density at radius 2 is 1.41 bits per heavy atom. The molecule has 3 rings (SSSR count). The molecule has 0 amide bonds. The summed E-state index contributed by atoms with van der Waals surface area (Å²) >= 11 is 0. The lowest BCUT2D eigenvalue weighted by atomic mass is 10.1. The summed E-state index contributed by atoms with van der Waals surface area (Å²) in [5.41, 5.74) is 1.19. The highest BCUT2D eigenvalue weighted by Crippen LogP contribution is 2.27. The molecule has 1 aliphatic rings. The molecular formula is C16H12F3N3. The van der Waals surface area contributed by atoms with Crippen LogP contribution in [0, 0.1) is 0 Å². The third-order valence-electron chi connectivity index (χ3n) is 3.15. The maximum Gasteiger partial charge on any atom is 0.449 e. The Kier molecular flexibility index (Phi) is 3.66. The van der Waals surface area contributed by atoms with Gasteiger partial charge in [-0.15, -0.1) is 0 Å². The molecule has 1 atom stereocenters. The molecule has 0 aromatic heterocycles. The molecule has 1 aliphatic heterocycles. The SMILES string of the molecule is FC(F)(F)C1=NC(c2ccccc2)N=C(c2ccccc2)N1. The Hall–Kier alpha value is -2.63. The van der Waals surface area contributed by atoms with Gasteiger partial charge in [-0.05, 0) is 5.56 Å². The van der Waals surface area contributed by atoms with Gasteiger partial charge in [0.15, 0.2) is 6.17 Å². The minimum absolute atomic E-state index is 0.164. The van der Waals surface area contributed by atoms with Crippen molar-refractivity contribution >= 4 is 11.7 Å². The van der Waals surface area contributed by atoms with Crippen molar-refractivity contribution in [3.05, 3.63) is 71.8 Å². The zero-order valence-corrected chi connectivity index (χ0v) is 11.4. The van der Waals surface area contributed by atoms with Gasteiger partial charge in [0.1, 0.15) is 5.84 Å². The summed E-state index contributed by atoms with van der Waals surface area (Å²) in [6, 6.07) is 17.4. The number of alkyl halides is 3. The number of hydrogen-bond donors (Lipinski definition) is 1. The van der Waals surface area contributed by atoms with E-state index in [-0.39, 0.29) is 5.84 Å². The van der Waals surface area contributed by atoms with Crippen molar-refractivity contribution in [2.75, 3.05) is 0 Å². The molecule has 22 heavy (non-hydrogen) atoms. The fourth-order valence-electron chi connectivity index (χ4n) is 2.11. The van der Waals surface area contributed by atoms with Crippen LogP contribution in [0.2, 0.25) is 0 Å². The Labute approximate surface area is 125 Å². The molecule has 6 heteroatoms. The summed E-state index contributed by atoms with van der Waals surface area (Å²) in [4.78, 5) is 8.00. The topological polar surface area (TPSA) is 36.8 Å². The highest BCUT2D eigenvalue weighted by molar-refractivity contribution is 6.12. The van der Waals surface area contributed by atoms with Crippen LogP contribution in [0.5, 0.6) is 0 Å². The number of benzene rings is 2. The number of amidine groups is 2. The number of halogens is 3. The van der Waals surface area contributed by atoms with E-state index in [4.69, 9.17) is 0 Å². The summed E-state index contributed by atoms with van der Waals surface area (Å²) in [7, 11) is 0. The van der Waals surface area contributed by atoms with Gasteiger partial charge in [-0.1, -0.05) is 60.7 Å². The van der Waals surface area contributed by atoms with Crippen LogP contribution in [-0.2, 0) is 0 Å². The van der Waals surface area contributed by atoms with Crippen molar-refractivity contribution in [2.45, 2.75) is 12.3 Å². The second-order valence-corrected chi connectivity index (χ2v) is 4.73. The molecule has 0 saturated carbocycles. The first-order valence-corrected chi connectivity index (χ1v) is 6.64. The van der Waals surface area contributed by atoms with Crippen molar-refractivity contribution in [3.63, 3.8) is 0 Å². The highest BCUT2D eigenvalue weighted by Gasteiger charge is 2.39. The Bertz CT molecular complexity index is 706. The summed E-state index contributed by atoms with van der Waals surface area (Å²) in [6.45, 7) is 0. The zero-order chi connectivity index (χ0) is 15.6. The molecule has 1 unspecified atom stereocenters. The van der Waals surface area contributed by atoms with E-state index in [0.29, 0.717) is 11.1 Å². The van der Waals surface area contributed by atoms with E-state index in [9.17, 15) is 13.2 Å². The predicted octanol–water partition coefficient (Wildman–Crippen LogP) is 3.70. The molecular weight excluding hydrogens is 291 g/mol. The number of aliphatic imine (C=N–C) groups is 2. The van der Waals surface area contributed by atoms with Crippen LogP contribution in [-0.4, -0.2) is 17.8 Å². The van der Waals surface area contributed by atoms with Gasteiger partial charge in [0.2, 0.25) is 5.84 Å². The van der Waals surface area contributed by atoms with Gasteiger partial charge in [-0.3, -0.25) is 0 Å². The lowest BCUT2D eigenvalue weighted by Crippen LogP contribution is -2.44. The van der Waals surface area contributed by atoms with E-state index >= 15 is 0 Å². The molecule has 2 aromatic carbocycles. The van der Waals surface area contributed by atoms with E-state index in [1.807, 2.05) is 0 Å². The van der Waals surface area contributed by atoms with E-state index in [1.54, 1.807) is 60.7 Å².